The fraction of sp³-hybridized carbons (Fsp3) is 0.333. The predicted molar refractivity (Wildman–Crippen MR) is 69.2 cm³/mol. The van der Waals surface area contributed by atoms with Crippen LogP contribution in [0.25, 0.3) is 0 Å². The van der Waals surface area contributed by atoms with E-state index >= 15 is 0 Å². The molecule has 0 aliphatic heterocycles. The van der Waals surface area contributed by atoms with E-state index in [-0.39, 0.29) is 0 Å². The molecular weight excluding hydrogens is 252 g/mol. The molecule has 19 heavy (non-hydrogen) atoms. The Kier molecular flexibility index (Phi) is 5.46. The molecule has 1 amide bonds. The molecule has 7 heteroatoms. The van der Waals surface area contributed by atoms with Gasteiger partial charge in [-0.25, -0.2) is 10.2 Å². The Bertz CT molecular complexity index is 473. The molecule has 0 bridgehead atoms. The molecule has 0 atom stereocenters. The van der Waals surface area contributed by atoms with Gasteiger partial charge in [0.15, 0.2) is 11.5 Å². The molecule has 0 saturated heterocycles. The van der Waals surface area contributed by atoms with Crippen LogP contribution < -0.4 is 19.6 Å². The van der Waals surface area contributed by atoms with E-state index in [1.807, 2.05) is 0 Å². The topological polar surface area (TPSA) is 78.4 Å². The van der Waals surface area contributed by atoms with Gasteiger partial charge in [-0.2, -0.15) is 5.10 Å². The molecule has 0 unspecified atom stereocenters. The first-order valence-electron chi connectivity index (χ1n) is 5.33. The van der Waals surface area contributed by atoms with Crippen LogP contribution in [-0.2, 0) is 4.74 Å². The van der Waals surface area contributed by atoms with Gasteiger partial charge in [0.05, 0.1) is 34.7 Å². The van der Waals surface area contributed by atoms with Crippen molar-refractivity contribution in [2.45, 2.75) is 0 Å². The van der Waals surface area contributed by atoms with Crippen molar-refractivity contribution in [3.05, 3.63) is 17.7 Å². The Morgan fingerprint density at radius 2 is 1.63 bits per heavy atom. The molecule has 0 aliphatic rings. The van der Waals surface area contributed by atoms with Gasteiger partial charge in [-0.15, -0.1) is 0 Å². The Balaban J connectivity index is 3.01. The Hall–Kier alpha value is -2.44. The summed E-state index contributed by atoms with van der Waals surface area (Å²) < 4.78 is 19.9. The molecular formula is C12H16N2O5. The molecule has 0 radical (unpaired) electrons. The highest BCUT2D eigenvalue weighted by Gasteiger charge is 2.10. The van der Waals surface area contributed by atoms with Crippen molar-refractivity contribution < 1.29 is 23.7 Å². The van der Waals surface area contributed by atoms with E-state index in [1.165, 1.54) is 34.7 Å². The van der Waals surface area contributed by atoms with Gasteiger partial charge >= 0.3 is 6.09 Å². The van der Waals surface area contributed by atoms with Gasteiger partial charge in [0.25, 0.3) is 0 Å². The van der Waals surface area contributed by atoms with Gasteiger partial charge in [0.1, 0.15) is 5.75 Å². The van der Waals surface area contributed by atoms with Crippen LogP contribution >= 0.6 is 0 Å². The van der Waals surface area contributed by atoms with E-state index in [1.54, 1.807) is 12.1 Å². The number of benzene rings is 1. The molecule has 0 saturated carbocycles. The summed E-state index contributed by atoms with van der Waals surface area (Å²) >= 11 is 0. The molecule has 1 aromatic carbocycles. The number of amides is 1. The molecule has 1 aromatic rings. The lowest BCUT2D eigenvalue weighted by atomic mass is 10.2. The smallest absolute Gasteiger partial charge is 0.427 e. The van der Waals surface area contributed by atoms with Crippen LogP contribution in [0.15, 0.2) is 17.2 Å². The third kappa shape index (κ3) is 3.77. The number of rotatable bonds is 5. The first-order chi connectivity index (χ1) is 9.15. The fourth-order valence-electron chi connectivity index (χ4n) is 1.35. The number of hydrazone groups is 1. The number of methoxy groups -OCH3 is 4. The van der Waals surface area contributed by atoms with Crippen LogP contribution in [0.4, 0.5) is 4.79 Å². The lowest BCUT2D eigenvalue weighted by molar-refractivity contribution is 0.171. The molecule has 0 aliphatic carbocycles. The second-order valence-electron chi connectivity index (χ2n) is 3.31. The molecule has 0 aromatic heterocycles. The van der Waals surface area contributed by atoms with Crippen molar-refractivity contribution in [2.24, 2.45) is 5.10 Å². The molecule has 0 heterocycles. The molecule has 104 valence electrons. The van der Waals surface area contributed by atoms with Gasteiger partial charge in [0.2, 0.25) is 0 Å². The molecule has 1 rings (SSSR count). The number of carbonyl (C=O) groups excluding carboxylic acids is 1. The number of ether oxygens (including phenoxy) is 4. The van der Waals surface area contributed by atoms with Crippen LogP contribution in [0.1, 0.15) is 5.56 Å². The van der Waals surface area contributed by atoms with Crippen molar-refractivity contribution in [2.75, 3.05) is 28.4 Å². The van der Waals surface area contributed by atoms with Crippen molar-refractivity contribution in [1.29, 1.82) is 0 Å². The quantitative estimate of drug-likeness (QED) is 0.645. The summed E-state index contributed by atoms with van der Waals surface area (Å²) in [5.41, 5.74) is 2.80. The van der Waals surface area contributed by atoms with Crippen molar-refractivity contribution >= 4 is 12.3 Å². The second kappa shape index (κ2) is 7.10. The normalized spacial score (nSPS) is 10.1. The van der Waals surface area contributed by atoms with Crippen molar-refractivity contribution in [1.82, 2.24) is 5.43 Å². The molecule has 1 N–H and O–H groups in total. The van der Waals surface area contributed by atoms with Crippen LogP contribution in [0.2, 0.25) is 0 Å². The maximum atomic E-state index is 10.9. The lowest BCUT2D eigenvalue weighted by Crippen LogP contribution is -2.16. The largest absolute Gasteiger partial charge is 0.496 e. The number of hydrogen-bond donors (Lipinski definition) is 1. The van der Waals surface area contributed by atoms with Crippen molar-refractivity contribution in [3.8, 4) is 17.2 Å². The standard InChI is InChI=1S/C12H16N2O5/c1-16-9-6-11(18-3)10(17-2)5-8(9)7-13-14-12(15)19-4/h5-7H,1-4H3,(H,14,15). The van der Waals surface area contributed by atoms with E-state index in [0.29, 0.717) is 22.8 Å². The first kappa shape index (κ1) is 14.6. The van der Waals surface area contributed by atoms with Gasteiger partial charge in [-0.1, -0.05) is 0 Å². The average Bonchev–Trinajstić information content (AvgIpc) is 2.46. The summed E-state index contributed by atoms with van der Waals surface area (Å²) in [4.78, 5) is 10.9. The highest BCUT2D eigenvalue weighted by Crippen LogP contribution is 2.33. The monoisotopic (exact) mass is 268 g/mol. The maximum Gasteiger partial charge on any atom is 0.427 e. The molecule has 0 spiro atoms. The lowest BCUT2D eigenvalue weighted by Gasteiger charge is -2.11. The minimum Gasteiger partial charge on any atom is -0.496 e. The van der Waals surface area contributed by atoms with E-state index in [4.69, 9.17) is 14.2 Å². The summed E-state index contributed by atoms with van der Waals surface area (Å²) in [6, 6.07) is 3.35. The third-order valence-corrected chi connectivity index (χ3v) is 2.28. The predicted octanol–water partition coefficient (Wildman–Crippen LogP) is 1.40. The van der Waals surface area contributed by atoms with E-state index < -0.39 is 6.09 Å². The Morgan fingerprint density at radius 3 is 2.16 bits per heavy atom. The highest BCUT2D eigenvalue weighted by molar-refractivity contribution is 5.85. The zero-order valence-corrected chi connectivity index (χ0v) is 11.2. The number of hydrogen-bond acceptors (Lipinski definition) is 6. The van der Waals surface area contributed by atoms with Crippen LogP contribution in [0.5, 0.6) is 17.2 Å². The second-order valence-corrected chi connectivity index (χ2v) is 3.31. The van der Waals surface area contributed by atoms with Crippen LogP contribution in [0, 0.1) is 0 Å². The molecule has 0 fully saturated rings. The SMILES string of the molecule is COC(=O)NN=Cc1cc(OC)c(OC)cc1OC. The zero-order valence-electron chi connectivity index (χ0n) is 11.2. The summed E-state index contributed by atoms with van der Waals surface area (Å²) in [6.45, 7) is 0. The number of carbonyl (C=O) groups is 1. The maximum absolute atomic E-state index is 10.9. The minimum atomic E-state index is -0.657. The third-order valence-electron chi connectivity index (χ3n) is 2.28. The Morgan fingerprint density at radius 1 is 1.05 bits per heavy atom. The van der Waals surface area contributed by atoms with Crippen molar-refractivity contribution in [3.63, 3.8) is 0 Å². The van der Waals surface area contributed by atoms with Gasteiger partial charge in [0, 0.05) is 11.6 Å². The number of nitrogens with zero attached hydrogens (tertiary/aromatic N) is 1. The minimum absolute atomic E-state index is 0.530. The first-order valence-corrected chi connectivity index (χ1v) is 5.33. The van der Waals surface area contributed by atoms with E-state index in [9.17, 15) is 4.79 Å². The average molecular weight is 268 g/mol. The Labute approximate surface area is 111 Å². The van der Waals surface area contributed by atoms with Gasteiger partial charge in [-0.05, 0) is 6.07 Å². The van der Waals surface area contributed by atoms with Crippen LogP contribution in [0.3, 0.4) is 0 Å². The van der Waals surface area contributed by atoms with Crippen LogP contribution in [-0.4, -0.2) is 40.7 Å². The summed E-state index contributed by atoms with van der Waals surface area (Å²) in [5, 5.41) is 3.73. The summed E-state index contributed by atoms with van der Waals surface area (Å²) in [7, 11) is 5.83. The summed E-state index contributed by atoms with van der Waals surface area (Å²) in [5.74, 6) is 1.60. The zero-order chi connectivity index (χ0) is 14.3. The van der Waals surface area contributed by atoms with E-state index in [2.05, 4.69) is 15.3 Å². The van der Waals surface area contributed by atoms with Gasteiger partial charge < -0.3 is 18.9 Å². The van der Waals surface area contributed by atoms with E-state index in [0.717, 1.165) is 0 Å². The van der Waals surface area contributed by atoms with Gasteiger partial charge in [-0.3, -0.25) is 0 Å². The number of nitrogens with one attached hydrogen (secondary N) is 1. The molecule has 7 nitrogen and oxygen atoms in total. The fourth-order valence-corrected chi connectivity index (χ4v) is 1.35. The summed E-state index contributed by atoms with van der Waals surface area (Å²) in [6.07, 6.45) is 0.758. The highest BCUT2D eigenvalue weighted by atomic mass is 16.5.